The maximum Gasteiger partial charge on any atom is 0.0718 e. The monoisotopic (exact) mass is 149 g/mol. The van der Waals surface area contributed by atoms with Crippen LogP contribution < -0.4 is 0 Å². The molecule has 1 heterocycles. The molecule has 0 aliphatic heterocycles. The van der Waals surface area contributed by atoms with E-state index in [2.05, 4.69) is 11.2 Å². The first-order valence-electron chi connectivity index (χ1n) is 3.55. The summed E-state index contributed by atoms with van der Waals surface area (Å²) in [4.78, 5) is 0. The Kier molecular flexibility index (Phi) is 1.95. The molecule has 1 rings (SSSR count). The molecule has 1 aromatic heterocycles. The Morgan fingerprint density at radius 3 is 2.73 bits per heavy atom. The number of aryl methyl sites for hydroxylation is 1. The topological polar surface area (TPSA) is 41.6 Å². The van der Waals surface area contributed by atoms with Crippen molar-refractivity contribution in [2.45, 2.75) is 19.8 Å². The Balaban J connectivity index is 3.07. The van der Waals surface area contributed by atoms with Crippen LogP contribution in [0.1, 0.15) is 24.1 Å². The summed E-state index contributed by atoms with van der Waals surface area (Å²) in [5.74, 6) is -0.0521. The molecule has 0 fully saturated rings. The van der Waals surface area contributed by atoms with Crippen molar-refractivity contribution in [1.82, 2.24) is 9.78 Å². The Labute approximate surface area is 66.3 Å². The first-order valence-corrected chi connectivity index (χ1v) is 3.55. The van der Waals surface area contributed by atoms with Gasteiger partial charge < -0.3 is 0 Å². The molecule has 0 spiro atoms. The maximum absolute atomic E-state index is 8.63. The average molecular weight is 149 g/mol. The number of aromatic nitrogens is 2. The Bertz CT molecular complexity index is 293. The van der Waals surface area contributed by atoms with Crippen molar-refractivity contribution in [3.05, 3.63) is 17.5 Å². The van der Waals surface area contributed by atoms with Gasteiger partial charge in [-0.3, -0.25) is 4.68 Å². The minimum Gasteiger partial charge on any atom is -0.273 e. The third-order valence-corrected chi connectivity index (χ3v) is 1.93. The summed E-state index contributed by atoms with van der Waals surface area (Å²) in [7, 11) is 1.88. The van der Waals surface area contributed by atoms with Gasteiger partial charge in [0.05, 0.1) is 18.2 Å². The molecule has 0 aliphatic carbocycles. The first kappa shape index (κ1) is 7.80. The largest absolute Gasteiger partial charge is 0.273 e. The van der Waals surface area contributed by atoms with E-state index in [1.54, 1.807) is 10.9 Å². The van der Waals surface area contributed by atoms with E-state index >= 15 is 0 Å². The average Bonchev–Trinajstić information content (AvgIpc) is 2.32. The molecule has 0 aliphatic rings. The lowest BCUT2D eigenvalue weighted by atomic mass is 10.0. The second-order valence-corrected chi connectivity index (χ2v) is 2.66. The first-order chi connectivity index (χ1) is 5.16. The van der Waals surface area contributed by atoms with E-state index in [0.29, 0.717) is 0 Å². The van der Waals surface area contributed by atoms with E-state index in [1.165, 1.54) is 0 Å². The third-order valence-electron chi connectivity index (χ3n) is 1.93. The molecule has 0 radical (unpaired) electrons. The Morgan fingerprint density at radius 2 is 2.36 bits per heavy atom. The zero-order valence-electron chi connectivity index (χ0n) is 7.00. The van der Waals surface area contributed by atoms with Crippen LogP contribution in [-0.2, 0) is 7.05 Å². The number of nitrogens with zero attached hydrogens (tertiary/aromatic N) is 3. The molecule has 1 atom stereocenters. The SMILES string of the molecule is Cc1c(C(C)C#N)cnn1C. The zero-order chi connectivity index (χ0) is 8.43. The van der Waals surface area contributed by atoms with Crippen LogP contribution in [0.5, 0.6) is 0 Å². The minimum atomic E-state index is -0.0521. The maximum atomic E-state index is 8.63. The van der Waals surface area contributed by atoms with Crippen LogP contribution >= 0.6 is 0 Å². The summed E-state index contributed by atoms with van der Waals surface area (Å²) >= 11 is 0. The molecule has 0 aromatic carbocycles. The van der Waals surface area contributed by atoms with Gasteiger partial charge in [-0.2, -0.15) is 10.4 Å². The Hall–Kier alpha value is -1.30. The predicted molar refractivity (Wildman–Crippen MR) is 42.0 cm³/mol. The van der Waals surface area contributed by atoms with Gasteiger partial charge in [0.15, 0.2) is 0 Å². The van der Waals surface area contributed by atoms with Crippen LogP contribution in [0, 0.1) is 18.3 Å². The molecule has 1 aromatic rings. The fraction of sp³-hybridized carbons (Fsp3) is 0.500. The van der Waals surface area contributed by atoms with E-state index in [0.717, 1.165) is 11.3 Å². The summed E-state index contributed by atoms with van der Waals surface area (Å²) in [6, 6.07) is 2.18. The number of hydrogen-bond donors (Lipinski definition) is 0. The standard InChI is InChI=1S/C8H11N3/c1-6(4-9)8-5-10-11(3)7(8)2/h5-6H,1-3H3. The molecule has 3 heteroatoms. The van der Waals surface area contributed by atoms with E-state index < -0.39 is 0 Å². The minimum absolute atomic E-state index is 0.0521. The van der Waals surface area contributed by atoms with Crippen molar-refractivity contribution in [3.63, 3.8) is 0 Å². The van der Waals surface area contributed by atoms with Crippen molar-refractivity contribution >= 4 is 0 Å². The normalized spacial score (nSPS) is 12.5. The number of rotatable bonds is 1. The number of nitriles is 1. The molecule has 0 bridgehead atoms. The lowest BCUT2D eigenvalue weighted by Gasteiger charge is -1.99. The van der Waals surface area contributed by atoms with E-state index in [1.807, 2.05) is 20.9 Å². The molecule has 0 saturated heterocycles. The van der Waals surface area contributed by atoms with Gasteiger partial charge in [-0.1, -0.05) is 0 Å². The van der Waals surface area contributed by atoms with Crippen LogP contribution in [0.2, 0.25) is 0 Å². The van der Waals surface area contributed by atoms with Gasteiger partial charge in [-0.05, 0) is 13.8 Å². The van der Waals surface area contributed by atoms with E-state index in [9.17, 15) is 0 Å². The molecule has 3 nitrogen and oxygen atoms in total. The van der Waals surface area contributed by atoms with Gasteiger partial charge in [0.2, 0.25) is 0 Å². The molecule has 0 saturated carbocycles. The van der Waals surface area contributed by atoms with Crippen LogP contribution in [0.25, 0.3) is 0 Å². The van der Waals surface area contributed by atoms with Gasteiger partial charge in [0.25, 0.3) is 0 Å². The second-order valence-electron chi connectivity index (χ2n) is 2.66. The predicted octanol–water partition coefficient (Wildman–Crippen LogP) is 1.36. The lowest BCUT2D eigenvalue weighted by molar-refractivity contribution is 0.736. The van der Waals surface area contributed by atoms with Crippen molar-refractivity contribution in [2.24, 2.45) is 7.05 Å². The summed E-state index contributed by atoms with van der Waals surface area (Å²) < 4.78 is 1.78. The fourth-order valence-electron chi connectivity index (χ4n) is 1.01. The van der Waals surface area contributed by atoms with Gasteiger partial charge in [0, 0.05) is 18.3 Å². The summed E-state index contributed by atoms with van der Waals surface area (Å²) in [6.45, 7) is 3.85. The molecule has 58 valence electrons. The highest BCUT2D eigenvalue weighted by molar-refractivity contribution is 5.25. The molecular weight excluding hydrogens is 138 g/mol. The smallest absolute Gasteiger partial charge is 0.0718 e. The van der Waals surface area contributed by atoms with Gasteiger partial charge >= 0.3 is 0 Å². The van der Waals surface area contributed by atoms with Crippen molar-refractivity contribution in [1.29, 1.82) is 5.26 Å². The summed E-state index contributed by atoms with van der Waals surface area (Å²) in [5.41, 5.74) is 2.09. The van der Waals surface area contributed by atoms with Crippen molar-refractivity contribution < 1.29 is 0 Å². The highest BCUT2D eigenvalue weighted by Gasteiger charge is 2.09. The molecule has 11 heavy (non-hydrogen) atoms. The van der Waals surface area contributed by atoms with E-state index in [4.69, 9.17) is 5.26 Å². The zero-order valence-corrected chi connectivity index (χ0v) is 7.00. The lowest BCUT2D eigenvalue weighted by Crippen LogP contribution is -1.95. The highest BCUT2D eigenvalue weighted by Crippen LogP contribution is 2.16. The molecule has 0 N–H and O–H groups in total. The number of hydrogen-bond acceptors (Lipinski definition) is 2. The van der Waals surface area contributed by atoms with Crippen LogP contribution in [0.15, 0.2) is 6.20 Å². The third kappa shape index (κ3) is 1.25. The van der Waals surface area contributed by atoms with Gasteiger partial charge in [-0.15, -0.1) is 0 Å². The van der Waals surface area contributed by atoms with E-state index in [-0.39, 0.29) is 5.92 Å². The molecule has 1 unspecified atom stereocenters. The quantitative estimate of drug-likeness (QED) is 0.605. The summed E-state index contributed by atoms with van der Waals surface area (Å²) in [5, 5.41) is 12.7. The van der Waals surface area contributed by atoms with Crippen LogP contribution in [0.4, 0.5) is 0 Å². The van der Waals surface area contributed by atoms with Gasteiger partial charge in [0.1, 0.15) is 0 Å². The Morgan fingerprint density at radius 1 is 1.73 bits per heavy atom. The molecule has 0 amide bonds. The van der Waals surface area contributed by atoms with Crippen LogP contribution in [0.3, 0.4) is 0 Å². The van der Waals surface area contributed by atoms with Gasteiger partial charge in [-0.25, -0.2) is 0 Å². The fourth-order valence-corrected chi connectivity index (χ4v) is 1.01. The van der Waals surface area contributed by atoms with Crippen molar-refractivity contribution in [3.8, 4) is 6.07 Å². The molecular formula is C8H11N3. The van der Waals surface area contributed by atoms with Crippen molar-refractivity contribution in [2.75, 3.05) is 0 Å². The summed E-state index contributed by atoms with van der Waals surface area (Å²) in [6.07, 6.45) is 1.75. The van der Waals surface area contributed by atoms with Crippen LogP contribution in [-0.4, -0.2) is 9.78 Å². The second kappa shape index (κ2) is 2.75. The highest BCUT2D eigenvalue weighted by atomic mass is 15.3.